The van der Waals surface area contributed by atoms with E-state index in [1.165, 1.54) is 18.4 Å². The third-order valence-corrected chi connectivity index (χ3v) is 5.44. The van der Waals surface area contributed by atoms with Crippen molar-refractivity contribution >= 4 is 11.8 Å². The van der Waals surface area contributed by atoms with Gasteiger partial charge in [-0.15, -0.1) is 0 Å². The van der Waals surface area contributed by atoms with Crippen molar-refractivity contribution in [2.24, 2.45) is 0 Å². The lowest BCUT2D eigenvalue weighted by molar-refractivity contribution is 0.167. The molecule has 0 unspecified atom stereocenters. The first-order valence-corrected chi connectivity index (χ1v) is 10.0. The van der Waals surface area contributed by atoms with Gasteiger partial charge < -0.3 is 19.7 Å². The van der Waals surface area contributed by atoms with Gasteiger partial charge >= 0.3 is 6.09 Å². The molecule has 1 atom stereocenters. The highest BCUT2D eigenvalue weighted by atomic mass is 16.5. The van der Waals surface area contributed by atoms with Crippen molar-refractivity contribution in [1.29, 1.82) is 0 Å². The molecule has 0 bridgehead atoms. The summed E-state index contributed by atoms with van der Waals surface area (Å²) in [5.74, 6) is 1.55. The third kappa shape index (κ3) is 4.97. The first-order chi connectivity index (χ1) is 13.6. The summed E-state index contributed by atoms with van der Waals surface area (Å²) in [4.78, 5) is 13.8. The molecule has 0 saturated carbocycles. The number of nitrogens with zero attached hydrogens (tertiary/aromatic N) is 1. The first kappa shape index (κ1) is 20.1. The number of carbonyl (C=O) groups excluding carboxylic acids is 1. The monoisotopic (exact) mass is 382 g/mol. The van der Waals surface area contributed by atoms with E-state index in [0.29, 0.717) is 12.5 Å². The number of piperidine rings is 1. The maximum atomic E-state index is 11.4. The lowest BCUT2D eigenvalue weighted by Gasteiger charge is -2.34. The van der Waals surface area contributed by atoms with E-state index in [4.69, 9.17) is 4.74 Å². The summed E-state index contributed by atoms with van der Waals surface area (Å²) in [5.41, 5.74) is 3.71. The van der Waals surface area contributed by atoms with Crippen molar-refractivity contribution in [2.45, 2.75) is 38.6 Å². The van der Waals surface area contributed by atoms with E-state index in [2.05, 4.69) is 63.5 Å². The molecular weight excluding hydrogens is 352 g/mol. The van der Waals surface area contributed by atoms with Crippen LogP contribution in [0.4, 0.5) is 10.5 Å². The first-order valence-electron chi connectivity index (χ1n) is 10.0. The van der Waals surface area contributed by atoms with Gasteiger partial charge in [0.15, 0.2) is 0 Å². The fourth-order valence-electron chi connectivity index (χ4n) is 3.77. The number of carbonyl (C=O) groups is 1. The van der Waals surface area contributed by atoms with Crippen LogP contribution in [0.1, 0.15) is 49.8 Å². The summed E-state index contributed by atoms with van der Waals surface area (Å²) in [6.45, 7) is 6.76. The molecule has 0 spiro atoms. The number of benzene rings is 2. The second-order valence-corrected chi connectivity index (χ2v) is 7.21. The quantitative estimate of drug-likeness (QED) is 0.773. The van der Waals surface area contributed by atoms with E-state index in [-0.39, 0.29) is 6.04 Å². The molecule has 5 nitrogen and oxygen atoms in total. The average Bonchev–Trinajstić information content (AvgIpc) is 2.74. The maximum absolute atomic E-state index is 11.4. The molecule has 3 rings (SSSR count). The molecule has 28 heavy (non-hydrogen) atoms. The van der Waals surface area contributed by atoms with Gasteiger partial charge in [-0.25, -0.2) is 4.79 Å². The number of amides is 1. The molecule has 1 amide bonds. The zero-order valence-electron chi connectivity index (χ0n) is 17.0. The number of alkyl carbamates (subject to hydrolysis) is 1. The van der Waals surface area contributed by atoms with E-state index in [1.54, 1.807) is 0 Å². The van der Waals surface area contributed by atoms with Gasteiger partial charge in [0.2, 0.25) is 0 Å². The Balaban J connectivity index is 1.55. The lowest BCUT2D eigenvalue weighted by atomic mass is 9.89. The molecule has 1 fully saturated rings. The maximum Gasteiger partial charge on any atom is 0.407 e. The van der Waals surface area contributed by atoms with Gasteiger partial charge in [-0.05, 0) is 68.0 Å². The van der Waals surface area contributed by atoms with Crippen LogP contribution in [0.3, 0.4) is 0 Å². The molecule has 1 saturated heterocycles. The smallest absolute Gasteiger partial charge is 0.407 e. The van der Waals surface area contributed by atoms with Gasteiger partial charge in [-0.3, -0.25) is 0 Å². The Labute approximate surface area is 167 Å². The Morgan fingerprint density at radius 3 is 2.32 bits per heavy atom. The molecule has 0 radical (unpaired) electrons. The summed E-state index contributed by atoms with van der Waals surface area (Å²) in [7, 11) is 1.38. The normalized spacial score (nSPS) is 15.8. The van der Waals surface area contributed by atoms with Crippen molar-refractivity contribution in [2.75, 3.05) is 31.7 Å². The van der Waals surface area contributed by atoms with E-state index in [1.807, 2.05) is 13.8 Å². The average molecular weight is 383 g/mol. The van der Waals surface area contributed by atoms with Crippen LogP contribution in [-0.2, 0) is 4.74 Å². The van der Waals surface area contributed by atoms with Crippen LogP contribution in [0.15, 0.2) is 48.5 Å². The summed E-state index contributed by atoms with van der Waals surface area (Å²) < 4.78 is 10.2. The van der Waals surface area contributed by atoms with Gasteiger partial charge in [0.1, 0.15) is 5.75 Å². The van der Waals surface area contributed by atoms with Crippen molar-refractivity contribution < 1.29 is 14.3 Å². The van der Waals surface area contributed by atoms with Crippen molar-refractivity contribution in [3.05, 3.63) is 59.7 Å². The highest BCUT2D eigenvalue weighted by Crippen LogP contribution is 2.31. The summed E-state index contributed by atoms with van der Waals surface area (Å²) in [6.07, 6.45) is 1.89. The second-order valence-electron chi connectivity index (χ2n) is 7.21. The standard InChI is InChI=1S/C23H30N2O3/c1-4-28-22-11-7-19(8-12-22)20-13-15-25(16-14-20)21-9-5-18(6-10-21)17(2)24-23(26)27-3/h5-12,17,20H,4,13-16H2,1-3H3,(H,24,26)/t17-/m0/s1. The Morgan fingerprint density at radius 2 is 1.75 bits per heavy atom. The minimum absolute atomic E-state index is 0.0769. The van der Waals surface area contributed by atoms with Crippen LogP contribution >= 0.6 is 0 Å². The Bertz CT molecular complexity index is 750. The summed E-state index contributed by atoms with van der Waals surface area (Å²) in [6, 6.07) is 16.9. The zero-order chi connectivity index (χ0) is 19.9. The molecular formula is C23H30N2O3. The molecule has 150 valence electrons. The highest BCUT2D eigenvalue weighted by molar-refractivity contribution is 5.67. The fraction of sp³-hybridized carbons (Fsp3) is 0.435. The Kier molecular flexibility index (Phi) is 6.80. The van der Waals surface area contributed by atoms with Gasteiger partial charge in [0, 0.05) is 18.8 Å². The van der Waals surface area contributed by atoms with Crippen molar-refractivity contribution in [3.8, 4) is 5.75 Å². The number of hydrogen-bond acceptors (Lipinski definition) is 4. The molecule has 1 aliphatic rings. The molecule has 0 aliphatic carbocycles. The van der Waals surface area contributed by atoms with Gasteiger partial charge in [0.05, 0.1) is 19.8 Å². The molecule has 2 aromatic carbocycles. The molecule has 1 N–H and O–H groups in total. The van der Waals surface area contributed by atoms with E-state index < -0.39 is 6.09 Å². The predicted molar refractivity (Wildman–Crippen MR) is 112 cm³/mol. The minimum atomic E-state index is -0.409. The predicted octanol–water partition coefficient (Wildman–Crippen LogP) is 4.89. The fourth-order valence-corrected chi connectivity index (χ4v) is 3.77. The molecule has 2 aromatic rings. The van der Waals surface area contributed by atoms with Crippen LogP contribution in [-0.4, -0.2) is 32.9 Å². The summed E-state index contributed by atoms with van der Waals surface area (Å²) >= 11 is 0. The largest absolute Gasteiger partial charge is 0.494 e. The third-order valence-electron chi connectivity index (χ3n) is 5.44. The van der Waals surface area contributed by atoms with Gasteiger partial charge in [-0.1, -0.05) is 24.3 Å². The second kappa shape index (κ2) is 9.49. The van der Waals surface area contributed by atoms with Crippen LogP contribution in [0, 0.1) is 0 Å². The number of ether oxygens (including phenoxy) is 2. The van der Waals surface area contributed by atoms with Crippen LogP contribution in [0.5, 0.6) is 5.75 Å². The molecule has 5 heteroatoms. The van der Waals surface area contributed by atoms with E-state index >= 15 is 0 Å². The molecule has 0 aromatic heterocycles. The van der Waals surface area contributed by atoms with Crippen molar-refractivity contribution in [3.63, 3.8) is 0 Å². The number of anilines is 1. The Hall–Kier alpha value is -2.69. The minimum Gasteiger partial charge on any atom is -0.494 e. The number of rotatable bonds is 6. The van der Waals surface area contributed by atoms with E-state index in [9.17, 15) is 4.79 Å². The number of nitrogens with one attached hydrogen (secondary N) is 1. The number of methoxy groups -OCH3 is 1. The van der Waals surface area contributed by atoms with Crippen LogP contribution in [0.2, 0.25) is 0 Å². The Morgan fingerprint density at radius 1 is 1.11 bits per heavy atom. The lowest BCUT2D eigenvalue weighted by Crippen LogP contribution is -2.32. The highest BCUT2D eigenvalue weighted by Gasteiger charge is 2.21. The summed E-state index contributed by atoms with van der Waals surface area (Å²) in [5, 5.41) is 2.80. The topological polar surface area (TPSA) is 50.8 Å². The van der Waals surface area contributed by atoms with Crippen LogP contribution in [0.25, 0.3) is 0 Å². The molecule has 1 aliphatic heterocycles. The van der Waals surface area contributed by atoms with Gasteiger partial charge in [0.25, 0.3) is 0 Å². The number of hydrogen-bond donors (Lipinski definition) is 1. The molecule has 1 heterocycles. The zero-order valence-corrected chi connectivity index (χ0v) is 17.0. The van der Waals surface area contributed by atoms with E-state index in [0.717, 1.165) is 37.2 Å². The van der Waals surface area contributed by atoms with Crippen molar-refractivity contribution in [1.82, 2.24) is 5.32 Å². The van der Waals surface area contributed by atoms with Gasteiger partial charge in [-0.2, -0.15) is 0 Å². The van der Waals surface area contributed by atoms with Crippen LogP contribution < -0.4 is 15.0 Å². The SMILES string of the molecule is CCOc1ccc(C2CCN(c3ccc([C@H](C)NC(=O)OC)cc3)CC2)cc1.